The fraction of sp³-hybridized carbons (Fsp3) is 0.444. The van der Waals surface area contributed by atoms with Gasteiger partial charge in [-0.25, -0.2) is 4.39 Å². The van der Waals surface area contributed by atoms with Crippen molar-refractivity contribution in [3.05, 3.63) is 54.4 Å². The Balaban J connectivity index is 1.86. The van der Waals surface area contributed by atoms with E-state index in [1.54, 1.807) is 12.1 Å². The molecule has 1 nitrogen and oxygen atoms in total. The van der Waals surface area contributed by atoms with Gasteiger partial charge in [-0.2, -0.15) is 0 Å². The highest BCUT2D eigenvalue weighted by molar-refractivity contribution is 5.76. The lowest BCUT2D eigenvalue weighted by atomic mass is 9.96. The van der Waals surface area contributed by atoms with Gasteiger partial charge < -0.3 is 4.90 Å². The van der Waals surface area contributed by atoms with Crippen LogP contribution in [-0.2, 0) is 0 Å². The zero-order chi connectivity index (χ0) is 14.5. The first-order valence-electron chi connectivity index (χ1n) is 7.42. The summed E-state index contributed by atoms with van der Waals surface area (Å²) >= 11 is 0. The summed E-state index contributed by atoms with van der Waals surface area (Å²) in [5.74, 6) is 0.633. The summed E-state index contributed by atoms with van der Waals surface area (Å²) < 4.78 is 13.7. The molecule has 1 aromatic carbocycles. The molecule has 2 heteroatoms. The van der Waals surface area contributed by atoms with Crippen LogP contribution in [0, 0.1) is 11.7 Å². The van der Waals surface area contributed by atoms with Gasteiger partial charge in [0.25, 0.3) is 0 Å². The zero-order valence-corrected chi connectivity index (χ0v) is 12.4. The molecule has 0 atom stereocenters. The summed E-state index contributed by atoms with van der Waals surface area (Å²) in [5.41, 5.74) is 2.24. The smallest absolute Gasteiger partial charge is 0.131 e. The maximum Gasteiger partial charge on any atom is 0.131 e. The Morgan fingerprint density at radius 2 is 1.90 bits per heavy atom. The number of hydrogen-bond donors (Lipinski definition) is 0. The molecule has 0 amide bonds. The molecule has 1 fully saturated rings. The first kappa shape index (κ1) is 15.0. The number of likely N-dealkylation sites (tertiary alicyclic amines) is 1. The van der Waals surface area contributed by atoms with Crippen LogP contribution < -0.4 is 0 Å². The Labute approximate surface area is 121 Å². The normalized spacial score (nSPS) is 17.1. The van der Waals surface area contributed by atoms with Gasteiger partial charge in [-0.1, -0.05) is 38.3 Å². The fourth-order valence-corrected chi connectivity index (χ4v) is 2.63. The van der Waals surface area contributed by atoms with Gasteiger partial charge in [0, 0.05) is 12.1 Å². The number of rotatable bonds is 5. The second-order valence-corrected chi connectivity index (χ2v) is 5.84. The zero-order valence-electron chi connectivity index (χ0n) is 12.4. The minimum absolute atomic E-state index is 0.217. The maximum absolute atomic E-state index is 13.7. The number of piperidine rings is 1. The molecule has 2 rings (SSSR count). The lowest BCUT2D eigenvalue weighted by Gasteiger charge is -2.30. The Bertz CT molecular complexity index is 484. The molecule has 0 N–H and O–H groups in total. The molecule has 1 heterocycles. The molecular formula is C18H24FN. The highest BCUT2D eigenvalue weighted by atomic mass is 19.1. The van der Waals surface area contributed by atoms with Gasteiger partial charge in [0.2, 0.25) is 0 Å². The van der Waals surface area contributed by atoms with Gasteiger partial charge in [-0.3, -0.25) is 0 Å². The molecule has 108 valence electrons. The standard InChI is InChI=1S/C18H24FN/c1-14-8-11-20(12-9-14)13-10-15(2)16(3)17-6-4-5-7-18(17)19/h4-7,14H,2-3,8-13H2,1H3. The molecule has 0 saturated carbocycles. The lowest BCUT2D eigenvalue weighted by molar-refractivity contribution is 0.195. The van der Waals surface area contributed by atoms with Crippen molar-refractivity contribution in [1.82, 2.24) is 4.90 Å². The van der Waals surface area contributed by atoms with Crippen LogP contribution in [-0.4, -0.2) is 24.5 Å². The van der Waals surface area contributed by atoms with Gasteiger partial charge in [-0.05, 0) is 55.5 Å². The Kier molecular flexibility index (Phi) is 5.13. The number of benzene rings is 1. The third-order valence-electron chi connectivity index (χ3n) is 4.23. The monoisotopic (exact) mass is 273 g/mol. The first-order valence-corrected chi connectivity index (χ1v) is 7.42. The van der Waals surface area contributed by atoms with E-state index in [4.69, 9.17) is 0 Å². The highest BCUT2D eigenvalue weighted by Gasteiger charge is 2.16. The van der Waals surface area contributed by atoms with E-state index in [0.29, 0.717) is 5.56 Å². The third kappa shape index (κ3) is 3.80. The van der Waals surface area contributed by atoms with Crippen LogP contribution in [0.15, 0.2) is 43.0 Å². The van der Waals surface area contributed by atoms with Crippen LogP contribution in [0.25, 0.3) is 5.57 Å². The van der Waals surface area contributed by atoms with E-state index >= 15 is 0 Å². The van der Waals surface area contributed by atoms with Gasteiger partial charge in [0.05, 0.1) is 0 Å². The van der Waals surface area contributed by atoms with E-state index in [2.05, 4.69) is 25.0 Å². The minimum Gasteiger partial charge on any atom is -0.303 e. The summed E-state index contributed by atoms with van der Waals surface area (Å²) in [6.07, 6.45) is 3.42. The molecule has 0 aromatic heterocycles. The van der Waals surface area contributed by atoms with Gasteiger partial charge in [-0.15, -0.1) is 0 Å². The maximum atomic E-state index is 13.7. The number of hydrogen-bond acceptors (Lipinski definition) is 1. The molecule has 1 aliphatic rings. The van der Waals surface area contributed by atoms with Crippen LogP contribution in [0.4, 0.5) is 4.39 Å². The lowest BCUT2D eigenvalue weighted by Crippen LogP contribution is -2.33. The summed E-state index contributed by atoms with van der Waals surface area (Å²) in [5, 5.41) is 0. The van der Waals surface area contributed by atoms with E-state index in [9.17, 15) is 4.39 Å². The Morgan fingerprint density at radius 3 is 2.55 bits per heavy atom. The van der Waals surface area contributed by atoms with Crippen LogP contribution in [0.3, 0.4) is 0 Å². The van der Waals surface area contributed by atoms with Crippen LogP contribution in [0.5, 0.6) is 0 Å². The van der Waals surface area contributed by atoms with Crippen molar-refractivity contribution in [3.8, 4) is 0 Å². The van der Waals surface area contributed by atoms with Crippen molar-refractivity contribution in [2.24, 2.45) is 5.92 Å². The summed E-state index contributed by atoms with van der Waals surface area (Å²) in [6, 6.07) is 6.78. The number of halogens is 1. The van der Waals surface area contributed by atoms with E-state index in [0.717, 1.165) is 30.0 Å². The predicted molar refractivity (Wildman–Crippen MR) is 84.0 cm³/mol. The summed E-state index contributed by atoms with van der Waals surface area (Å²) in [4.78, 5) is 2.47. The predicted octanol–water partition coefficient (Wildman–Crippen LogP) is 4.52. The van der Waals surface area contributed by atoms with Crippen LogP contribution in [0.1, 0.15) is 31.7 Å². The number of allylic oxidation sites excluding steroid dienone is 1. The van der Waals surface area contributed by atoms with E-state index in [-0.39, 0.29) is 5.82 Å². The van der Waals surface area contributed by atoms with Crippen LogP contribution >= 0.6 is 0 Å². The van der Waals surface area contributed by atoms with Crippen molar-refractivity contribution in [2.45, 2.75) is 26.2 Å². The average Bonchev–Trinajstić information content (AvgIpc) is 2.46. The van der Waals surface area contributed by atoms with E-state index in [1.807, 2.05) is 6.07 Å². The van der Waals surface area contributed by atoms with Gasteiger partial charge in [0.15, 0.2) is 0 Å². The molecule has 1 saturated heterocycles. The third-order valence-corrected chi connectivity index (χ3v) is 4.23. The van der Waals surface area contributed by atoms with Crippen molar-refractivity contribution in [3.63, 3.8) is 0 Å². The summed E-state index contributed by atoms with van der Waals surface area (Å²) in [7, 11) is 0. The number of nitrogens with zero attached hydrogens (tertiary/aromatic N) is 1. The average molecular weight is 273 g/mol. The first-order chi connectivity index (χ1) is 9.58. The molecule has 0 radical (unpaired) electrons. The molecule has 1 aromatic rings. The van der Waals surface area contributed by atoms with Gasteiger partial charge in [0.1, 0.15) is 5.82 Å². The Morgan fingerprint density at radius 1 is 1.25 bits per heavy atom. The molecule has 0 spiro atoms. The molecule has 20 heavy (non-hydrogen) atoms. The van der Waals surface area contributed by atoms with Crippen molar-refractivity contribution in [1.29, 1.82) is 0 Å². The van der Waals surface area contributed by atoms with Crippen molar-refractivity contribution >= 4 is 5.57 Å². The van der Waals surface area contributed by atoms with Gasteiger partial charge >= 0.3 is 0 Å². The second-order valence-electron chi connectivity index (χ2n) is 5.84. The molecule has 0 bridgehead atoms. The molecule has 0 unspecified atom stereocenters. The van der Waals surface area contributed by atoms with Crippen molar-refractivity contribution < 1.29 is 4.39 Å². The van der Waals surface area contributed by atoms with Crippen LogP contribution in [0.2, 0.25) is 0 Å². The highest BCUT2D eigenvalue weighted by Crippen LogP contribution is 2.25. The topological polar surface area (TPSA) is 3.24 Å². The van der Waals surface area contributed by atoms with E-state index < -0.39 is 0 Å². The quantitative estimate of drug-likeness (QED) is 0.713. The second kappa shape index (κ2) is 6.85. The van der Waals surface area contributed by atoms with E-state index in [1.165, 1.54) is 32.0 Å². The largest absolute Gasteiger partial charge is 0.303 e. The fourth-order valence-electron chi connectivity index (χ4n) is 2.63. The molecule has 0 aliphatic carbocycles. The summed E-state index contributed by atoms with van der Waals surface area (Å²) in [6.45, 7) is 13.7. The minimum atomic E-state index is -0.217. The Hall–Kier alpha value is -1.41. The molecular weight excluding hydrogens is 249 g/mol. The van der Waals surface area contributed by atoms with Crippen molar-refractivity contribution in [2.75, 3.05) is 19.6 Å². The SMILES string of the molecule is C=C(CCN1CCC(C)CC1)C(=C)c1ccccc1F. The molecule has 1 aliphatic heterocycles.